The van der Waals surface area contributed by atoms with Crippen LogP contribution in [-0.2, 0) is 4.79 Å². The van der Waals surface area contributed by atoms with Crippen LogP contribution in [0.25, 0.3) is 0 Å². The quantitative estimate of drug-likeness (QED) is 0.498. The van der Waals surface area contributed by atoms with Crippen LogP contribution in [-0.4, -0.2) is 40.7 Å². The molecule has 1 fully saturated rings. The number of nitrogens with one attached hydrogen (secondary N) is 2. The van der Waals surface area contributed by atoms with Gasteiger partial charge in [-0.05, 0) is 31.6 Å². The highest BCUT2D eigenvalue weighted by molar-refractivity contribution is 7.99. The molecular formula is C14H24N2O3S. The van der Waals surface area contributed by atoms with E-state index in [0.717, 1.165) is 24.3 Å². The molecule has 3 N–H and O–H groups in total. The Morgan fingerprint density at radius 1 is 1.45 bits per heavy atom. The lowest BCUT2D eigenvalue weighted by Crippen LogP contribution is -2.58. The van der Waals surface area contributed by atoms with E-state index in [4.69, 9.17) is 0 Å². The Morgan fingerprint density at radius 2 is 2.10 bits per heavy atom. The lowest BCUT2D eigenvalue weighted by atomic mass is 9.77. The molecule has 1 saturated carbocycles. The van der Waals surface area contributed by atoms with E-state index >= 15 is 0 Å². The van der Waals surface area contributed by atoms with Crippen molar-refractivity contribution in [1.82, 2.24) is 10.6 Å². The summed E-state index contributed by atoms with van der Waals surface area (Å²) >= 11 is 1.67. The summed E-state index contributed by atoms with van der Waals surface area (Å²) < 4.78 is 0. The van der Waals surface area contributed by atoms with Gasteiger partial charge in [-0.2, -0.15) is 11.8 Å². The van der Waals surface area contributed by atoms with Gasteiger partial charge < -0.3 is 15.7 Å². The number of carboxylic acids is 1. The molecule has 0 unspecified atom stereocenters. The number of thioether (sulfide) groups is 1. The number of rotatable bonds is 7. The van der Waals surface area contributed by atoms with Crippen LogP contribution in [0.1, 0.15) is 32.6 Å². The van der Waals surface area contributed by atoms with Crippen molar-refractivity contribution in [3.63, 3.8) is 0 Å². The highest BCUT2D eigenvalue weighted by Crippen LogP contribution is 2.32. The van der Waals surface area contributed by atoms with Gasteiger partial charge in [-0.15, -0.1) is 6.58 Å². The molecule has 0 aliphatic heterocycles. The summed E-state index contributed by atoms with van der Waals surface area (Å²) in [6, 6.07) is -0.388. The number of carbonyl (C=O) groups is 2. The van der Waals surface area contributed by atoms with Gasteiger partial charge in [0.25, 0.3) is 0 Å². The van der Waals surface area contributed by atoms with Gasteiger partial charge in [0.05, 0.1) is 0 Å². The Hall–Kier alpha value is -1.17. The minimum atomic E-state index is -1.09. The Morgan fingerprint density at radius 3 is 2.65 bits per heavy atom. The van der Waals surface area contributed by atoms with Crippen molar-refractivity contribution < 1.29 is 14.7 Å². The largest absolute Gasteiger partial charge is 0.480 e. The maximum absolute atomic E-state index is 11.8. The third-order valence-corrected chi connectivity index (χ3v) is 4.62. The molecule has 114 valence electrons. The maximum Gasteiger partial charge on any atom is 0.329 e. The number of carbonyl (C=O) groups excluding carboxylic acids is 1. The number of aliphatic carboxylic acids is 1. The Balaban J connectivity index is 2.40. The van der Waals surface area contributed by atoms with Gasteiger partial charge >= 0.3 is 12.0 Å². The number of hydrogen-bond acceptors (Lipinski definition) is 3. The van der Waals surface area contributed by atoms with E-state index in [1.165, 1.54) is 0 Å². The number of amides is 2. The predicted octanol–water partition coefficient (Wildman–Crippen LogP) is 2.24. The average molecular weight is 300 g/mol. The van der Waals surface area contributed by atoms with Crippen LogP contribution in [0.15, 0.2) is 12.7 Å². The summed E-state index contributed by atoms with van der Waals surface area (Å²) in [7, 11) is 0. The second-order valence-corrected chi connectivity index (χ2v) is 6.46. The van der Waals surface area contributed by atoms with Crippen molar-refractivity contribution in [3.8, 4) is 0 Å². The summed E-state index contributed by atoms with van der Waals surface area (Å²) in [5.41, 5.74) is -1.09. The Bertz CT molecular complexity index is 352. The molecule has 0 spiro atoms. The smallest absolute Gasteiger partial charge is 0.329 e. The molecule has 5 nitrogen and oxygen atoms in total. The summed E-state index contributed by atoms with van der Waals surface area (Å²) in [4.78, 5) is 23.3. The monoisotopic (exact) mass is 300 g/mol. The first kappa shape index (κ1) is 16.9. The zero-order valence-electron chi connectivity index (χ0n) is 12.0. The van der Waals surface area contributed by atoms with Crippen molar-refractivity contribution in [1.29, 1.82) is 0 Å². The summed E-state index contributed by atoms with van der Waals surface area (Å²) in [5.74, 6) is 1.24. The van der Waals surface area contributed by atoms with Crippen LogP contribution in [0.3, 0.4) is 0 Å². The lowest BCUT2D eigenvalue weighted by molar-refractivity contribution is -0.146. The minimum absolute atomic E-state index is 0.388. The van der Waals surface area contributed by atoms with E-state index in [0.29, 0.717) is 25.3 Å². The Labute approximate surface area is 124 Å². The standard InChI is InChI=1S/C14H24N2O3S/c1-3-9-20-10-8-15-13(19)16-14(12(17)18)6-4-11(2)5-7-14/h3,11H,1,4-10H2,2H3,(H,17,18)(H2,15,16,19). The molecule has 0 radical (unpaired) electrons. The SMILES string of the molecule is C=CCSCCNC(=O)NC1(C(=O)O)CCC(C)CC1. The second kappa shape index (κ2) is 8.19. The van der Waals surface area contributed by atoms with Crippen molar-refractivity contribution in [2.75, 3.05) is 18.1 Å². The van der Waals surface area contributed by atoms with Crippen LogP contribution >= 0.6 is 11.8 Å². The molecule has 20 heavy (non-hydrogen) atoms. The van der Waals surface area contributed by atoms with Crippen LogP contribution in [0.4, 0.5) is 4.79 Å². The fourth-order valence-corrected chi connectivity index (χ4v) is 2.89. The molecule has 0 heterocycles. The van der Waals surface area contributed by atoms with Crippen LogP contribution < -0.4 is 10.6 Å². The van der Waals surface area contributed by atoms with Gasteiger partial charge in [0.2, 0.25) is 0 Å². The van der Waals surface area contributed by atoms with E-state index < -0.39 is 11.5 Å². The minimum Gasteiger partial charge on any atom is -0.480 e. The predicted molar refractivity (Wildman–Crippen MR) is 82.1 cm³/mol. The van der Waals surface area contributed by atoms with Crippen LogP contribution in [0.2, 0.25) is 0 Å². The maximum atomic E-state index is 11.8. The first-order valence-corrected chi connectivity index (χ1v) is 8.13. The fourth-order valence-electron chi connectivity index (χ4n) is 2.31. The van der Waals surface area contributed by atoms with Gasteiger partial charge in [0, 0.05) is 18.1 Å². The molecule has 2 amide bonds. The lowest BCUT2D eigenvalue weighted by Gasteiger charge is -2.36. The van der Waals surface area contributed by atoms with Gasteiger partial charge in [-0.25, -0.2) is 9.59 Å². The molecule has 1 aliphatic carbocycles. The Kier molecular flexibility index (Phi) is 6.91. The van der Waals surface area contributed by atoms with E-state index in [-0.39, 0.29) is 6.03 Å². The van der Waals surface area contributed by atoms with Gasteiger partial charge in [-0.1, -0.05) is 13.0 Å². The molecule has 0 atom stereocenters. The van der Waals surface area contributed by atoms with Gasteiger partial charge in [0.15, 0.2) is 0 Å². The fraction of sp³-hybridized carbons (Fsp3) is 0.714. The van der Waals surface area contributed by atoms with Gasteiger partial charge in [-0.3, -0.25) is 0 Å². The van der Waals surface area contributed by atoms with Crippen LogP contribution in [0, 0.1) is 5.92 Å². The number of urea groups is 1. The van der Waals surface area contributed by atoms with Crippen molar-refractivity contribution in [3.05, 3.63) is 12.7 Å². The zero-order valence-corrected chi connectivity index (χ0v) is 12.8. The second-order valence-electron chi connectivity index (χ2n) is 5.31. The summed E-state index contributed by atoms with van der Waals surface area (Å²) in [5, 5.41) is 14.8. The normalized spacial score (nSPS) is 25.8. The molecular weight excluding hydrogens is 276 g/mol. The highest BCUT2D eigenvalue weighted by atomic mass is 32.2. The summed E-state index contributed by atoms with van der Waals surface area (Å²) in [6.45, 7) is 6.26. The summed E-state index contributed by atoms with van der Waals surface area (Å²) in [6.07, 6.45) is 4.49. The first-order chi connectivity index (χ1) is 9.50. The van der Waals surface area contributed by atoms with Crippen molar-refractivity contribution >= 4 is 23.8 Å². The van der Waals surface area contributed by atoms with Crippen molar-refractivity contribution in [2.24, 2.45) is 5.92 Å². The molecule has 6 heteroatoms. The zero-order chi connectivity index (χ0) is 15.0. The third kappa shape index (κ3) is 5.07. The van der Waals surface area contributed by atoms with E-state index in [2.05, 4.69) is 24.1 Å². The number of carboxylic acid groups (broad SMARTS) is 1. The molecule has 0 bridgehead atoms. The molecule has 0 aromatic rings. The van der Waals surface area contributed by atoms with Crippen LogP contribution in [0.5, 0.6) is 0 Å². The topological polar surface area (TPSA) is 78.4 Å². The molecule has 0 aromatic carbocycles. The molecule has 1 rings (SSSR count). The third-order valence-electron chi connectivity index (χ3n) is 3.66. The molecule has 0 saturated heterocycles. The molecule has 1 aliphatic rings. The number of hydrogen-bond donors (Lipinski definition) is 3. The van der Waals surface area contributed by atoms with E-state index in [9.17, 15) is 14.7 Å². The van der Waals surface area contributed by atoms with Gasteiger partial charge in [0.1, 0.15) is 5.54 Å². The average Bonchev–Trinajstić information content (AvgIpc) is 2.41. The van der Waals surface area contributed by atoms with Crippen molar-refractivity contribution in [2.45, 2.75) is 38.1 Å². The first-order valence-electron chi connectivity index (χ1n) is 6.98. The highest BCUT2D eigenvalue weighted by Gasteiger charge is 2.42. The molecule has 0 aromatic heterocycles. The van der Waals surface area contributed by atoms with E-state index in [1.807, 2.05) is 6.08 Å². The van der Waals surface area contributed by atoms with E-state index in [1.54, 1.807) is 11.8 Å².